The number of carbonyl (C=O) groups is 2. The summed E-state index contributed by atoms with van der Waals surface area (Å²) in [4.78, 5) is 25.7. The van der Waals surface area contributed by atoms with E-state index in [0.29, 0.717) is 23.7 Å². The van der Waals surface area contributed by atoms with Gasteiger partial charge in [0.25, 0.3) is 0 Å². The average molecular weight is 346 g/mol. The molecular formula is C17H18N2O4S. The van der Waals surface area contributed by atoms with Crippen molar-refractivity contribution in [3.63, 3.8) is 0 Å². The number of rotatable bonds is 3. The predicted octanol–water partition coefficient (Wildman–Crippen LogP) is 2.35. The van der Waals surface area contributed by atoms with E-state index < -0.39 is 6.09 Å². The van der Waals surface area contributed by atoms with Gasteiger partial charge in [-0.25, -0.2) is 4.79 Å². The van der Waals surface area contributed by atoms with Crippen LogP contribution in [0.4, 0.5) is 4.79 Å². The number of carbonyl (C=O) groups excluding carboxylic acids is 2. The van der Waals surface area contributed by atoms with Gasteiger partial charge in [-0.3, -0.25) is 9.69 Å². The van der Waals surface area contributed by atoms with E-state index in [1.165, 1.54) is 12.0 Å². The second kappa shape index (κ2) is 6.60. The molecule has 0 radical (unpaired) electrons. The second-order valence-corrected chi connectivity index (χ2v) is 5.95. The van der Waals surface area contributed by atoms with E-state index in [0.717, 1.165) is 16.9 Å². The predicted molar refractivity (Wildman–Crippen MR) is 91.8 cm³/mol. The minimum absolute atomic E-state index is 0.0813. The summed E-state index contributed by atoms with van der Waals surface area (Å²) in [6, 6.07) is 7.62. The maximum absolute atomic E-state index is 12.1. The lowest BCUT2D eigenvalue weighted by Gasteiger charge is -2.25. The van der Waals surface area contributed by atoms with Crippen LogP contribution in [0.2, 0.25) is 0 Å². The lowest BCUT2D eigenvalue weighted by molar-refractivity contribution is -0.121. The molecule has 24 heavy (non-hydrogen) atoms. The second-order valence-electron chi connectivity index (χ2n) is 5.56. The fourth-order valence-electron chi connectivity index (χ4n) is 3.07. The molecule has 0 bridgehead atoms. The largest absolute Gasteiger partial charge is 0.494 e. The fourth-order valence-corrected chi connectivity index (χ4v) is 3.47. The van der Waals surface area contributed by atoms with Crippen molar-refractivity contribution in [2.24, 2.45) is 0 Å². The highest BCUT2D eigenvalue weighted by atomic mass is 32.1. The highest BCUT2D eigenvalue weighted by Gasteiger charge is 2.40. The zero-order chi connectivity index (χ0) is 17.3. The van der Waals surface area contributed by atoms with Gasteiger partial charge in [-0.05, 0) is 24.6 Å². The maximum Gasteiger partial charge on any atom is 0.415 e. The van der Waals surface area contributed by atoms with Crippen molar-refractivity contribution in [3.8, 4) is 5.75 Å². The number of hydrogen-bond donors (Lipinski definition) is 1. The Morgan fingerprint density at radius 2 is 2.08 bits per heavy atom. The molecule has 1 aromatic rings. The molecule has 1 unspecified atom stereocenters. The van der Waals surface area contributed by atoms with Gasteiger partial charge in [0, 0.05) is 23.6 Å². The lowest BCUT2D eigenvalue weighted by Crippen LogP contribution is -2.33. The van der Waals surface area contributed by atoms with Crippen LogP contribution in [0.25, 0.3) is 0 Å². The first-order chi connectivity index (χ1) is 11.5. The molecule has 0 fully saturated rings. The normalized spacial score (nSPS) is 19.9. The van der Waals surface area contributed by atoms with Crippen LogP contribution in [0.15, 0.2) is 35.5 Å². The van der Waals surface area contributed by atoms with E-state index in [1.807, 2.05) is 31.2 Å². The molecule has 6 nitrogen and oxygen atoms in total. The Morgan fingerprint density at radius 1 is 1.38 bits per heavy atom. The number of hydrogen-bond acceptors (Lipinski definition) is 5. The quantitative estimate of drug-likeness (QED) is 0.851. The molecule has 0 aliphatic carbocycles. The molecular weight excluding hydrogens is 328 g/mol. The lowest BCUT2D eigenvalue weighted by atomic mass is 9.85. The number of amides is 2. The number of benzene rings is 1. The maximum atomic E-state index is 12.1. The van der Waals surface area contributed by atoms with Gasteiger partial charge in [0.15, 0.2) is 0 Å². The zero-order valence-corrected chi connectivity index (χ0v) is 14.3. The molecule has 2 aliphatic rings. The van der Waals surface area contributed by atoms with Gasteiger partial charge in [-0.15, -0.1) is 0 Å². The Bertz CT molecular complexity index is 727. The van der Waals surface area contributed by atoms with Crippen LogP contribution in [0.5, 0.6) is 5.75 Å². The minimum Gasteiger partial charge on any atom is -0.494 e. The van der Waals surface area contributed by atoms with Crippen LogP contribution in [0, 0.1) is 0 Å². The molecule has 0 saturated carbocycles. The zero-order valence-electron chi connectivity index (χ0n) is 13.5. The Kier molecular flexibility index (Phi) is 4.53. The van der Waals surface area contributed by atoms with Crippen LogP contribution in [-0.4, -0.2) is 42.2 Å². The van der Waals surface area contributed by atoms with E-state index in [1.54, 1.807) is 0 Å². The van der Waals surface area contributed by atoms with E-state index in [2.05, 4.69) is 5.32 Å². The van der Waals surface area contributed by atoms with Crippen molar-refractivity contribution in [1.82, 2.24) is 10.2 Å². The molecule has 2 aliphatic heterocycles. The molecule has 1 atom stereocenters. The summed E-state index contributed by atoms with van der Waals surface area (Å²) in [6.45, 7) is 2.76. The fraction of sp³-hybridized carbons (Fsp3) is 0.353. The van der Waals surface area contributed by atoms with Gasteiger partial charge < -0.3 is 14.8 Å². The molecule has 2 amide bonds. The van der Waals surface area contributed by atoms with Gasteiger partial charge in [-0.1, -0.05) is 24.4 Å². The summed E-state index contributed by atoms with van der Waals surface area (Å²) < 4.78 is 10.2. The summed E-state index contributed by atoms with van der Waals surface area (Å²) in [5.74, 6) is 0.523. The topological polar surface area (TPSA) is 67.9 Å². The van der Waals surface area contributed by atoms with Crippen molar-refractivity contribution in [1.29, 1.82) is 0 Å². The van der Waals surface area contributed by atoms with Crippen LogP contribution in [0.3, 0.4) is 0 Å². The SMILES string of the molecule is CCOc1ccc(C2CC(=O)NC3=C2C(=S)N(C(=O)OC)C3)cc1. The third kappa shape index (κ3) is 2.87. The van der Waals surface area contributed by atoms with E-state index in [-0.39, 0.29) is 18.4 Å². The molecule has 7 heteroatoms. The van der Waals surface area contributed by atoms with E-state index in [9.17, 15) is 9.59 Å². The van der Waals surface area contributed by atoms with Crippen molar-refractivity contribution < 1.29 is 19.1 Å². The summed E-state index contributed by atoms with van der Waals surface area (Å²) in [5, 5.41) is 2.83. The Labute approximate surface area is 145 Å². The standard InChI is InChI=1S/C17H18N2O4S/c1-3-23-11-6-4-10(5-7-11)12-8-14(20)18-13-9-19(17(21)22-2)16(24)15(12)13/h4-7,12H,3,8-9H2,1-2H3,(H,18,20). The van der Waals surface area contributed by atoms with E-state index in [4.69, 9.17) is 21.7 Å². The summed E-state index contributed by atoms with van der Waals surface area (Å²) in [5.41, 5.74) is 2.47. The van der Waals surface area contributed by atoms with Gasteiger partial charge in [0.05, 0.1) is 20.3 Å². The van der Waals surface area contributed by atoms with Crippen LogP contribution >= 0.6 is 12.2 Å². The first-order valence-electron chi connectivity index (χ1n) is 7.70. The molecule has 0 aromatic heterocycles. The Hall–Kier alpha value is -2.41. The van der Waals surface area contributed by atoms with Crippen LogP contribution < -0.4 is 10.1 Å². The van der Waals surface area contributed by atoms with Crippen molar-refractivity contribution >= 4 is 29.2 Å². The highest BCUT2D eigenvalue weighted by molar-refractivity contribution is 7.80. The third-order valence-electron chi connectivity index (χ3n) is 4.13. The minimum atomic E-state index is -0.519. The van der Waals surface area contributed by atoms with Crippen molar-refractivity contribution in [3.05, 3.63) is 41.1 Å². The molecule has 2 heterocycles. The summed E-state index contributed by atoms with van der Waals surface area (Å²) in [7, 11) is 1.31. The highest BCUT2D eigenvalue weighted by Crippen LogP contribution is 2.38. The molecule has 126 valence electrons. The van der Waals surface area contributed by atoms with Crippen molar-refractivity contribution in [2.45, 2.75) is 19.3 Å². The number of nitrogens with zero attached hydrogens (tertiary/aromatic N) is 1. The van der Waals surface area contributed by atoms with Gasteiger partial charge in [0.1, 0.15) is 10.7 Å². The van der Waals surface area contributed by atoms with Gasteiger partial charge in [-0.2, -0.15) is 0 Å². The first kappa shape index (κ1) is 16.4. The van der Waals surface area contributed by atoms with Gasteiger partial charge in [0.2, 0.25) is 5.91 Å². The Balaban J connectivity index is 1.92. The third-order valence-corrected chi connectivity index (χ3v) is 4.57. The molecule has 0 spiro atoms. The number of thiocarbonyl (C=S) groups is 1. The van der Waals surface area contributed by atoms with E-state index >= 15 is 0 Å². The molecule has 3 rings (SSSR count). The molecule has 0 saturated heterocycles. The molecule has 1 aromatic carbocycles. The first-order valence-corrected chi connectivity index (χ1v) is 8.11. The van der Waals surface area contributed by atoms with Crippen LogP contribution in [0.1, 0.15) is 24.8 Å². The smallest absolute Gasteiger partial charge is 0.415 e. The summed E-state index contributed by atoms with van der Waals surface area (Å²) >= 11 is 5.46. The Morgan fingerprint density at radius 3 is 2.71 bits per heavy atom. The van der Waals surface area contributed by atoms with Gasteiger partial charge >= 0.3 is 6.09 Å². The molecule has 1 N–H and O–H groups in total. The number of nitrogens with one attached hydrogen (secondary N) is 1. The average Bonchev–Trinajstić information content (AvgIpc) is 2.91. The van der Waals surface area contributed by atoms with Crippen molar-refractivity contribution in [2.75, 3.05) is 20.3 Å². The number of ether oxygens (including phenoxy) is 2. The summed E-state index contributed by atoms with van der Waals surface area (Å²) in [6.07, 6.45) is -0.226. The number of methoxy groups -OCH3 is 1. The monoisotopic (exact) mass is 346 g/mol. The van der Waals surface area contributed by atoms with Crippen LogP contribution in [-0.2, 0) is 9.53 Å².